The van der Waals surface area contributed by atoms with Crippen LogP contribution < -0.4 is 5.32 Å². The van der Waals surface area contributed by atoms with Crippen molar-refractivity contribution in [1.82, 2.24) is 5.32 Å². The Kier molecular flexibility index (Phi) is 4.46. The molecule has 1 atom stereocenters. The Morgan fingerprint density at radius 2 is 2.19 bits per heavy atom. The summed E-state index contributed by atoms with van der Waals surface area (Å²) in [7, 11) is 0. The predicted octanol–water partition coefficient (Wildman–Crippen LogP) is 3.91. The van der Waals surface area contributed by atoms with E-state index in [2.05, 4.69) is 25.2 Å². The zero-order chi connectivity index (χ0) is 15.6. The van der Waals surface area contributed by atoms with Gasteiger partial charge in [-0.1, -0.05) is 36.8 Å². The van der Waals surface area contributed by atoms with Crippen LogP contribution in [0.1, 0.15) is 49.7 Å². The van der Waals surface area contributed by atoms with Crippen molar-refractivity contribution < 1.29 is 9.72 Å². The molecule has 0 spiro atoms. The van der Waals surface area contributed by atoms with Gasteiger partial charge in [0.25, 0.3) is 5.91 Å². The van der Waals surface area contributed by atoms with Crippen molar-refractivity contribution in [3.05, 3.63) is 38.8 Å². The molecule has 21 heavy (non-hydrogen) atoms. The fourth-order valence-electron chi connectivity index (χ4n) is 2.50. The molecule has 0 radical (unpaired) electrons. The number of nitro groups is 1. The van der Waals surface area contributed by atoms with Gasteiger partial charge < -0.3 is 5.32 Å². The Balaban J connectivity index is 2.04. The lowest BCUT2D eigenvalue weighted by atomic mass is 9.81. The van der Waals surface area contributed by atoms with Crippen molar-refractivity contribution in [3.63, 3.8) is 0 Å². The van der Waals surface area contributed by atoms with E-state index in [1.165, 1.54) is 17.7 Å². The number of amides is 1. The van der Waals surface area contributed by atoms with Gasteiger partial charge in [-0.15, -0.1) is 0 Å². The van der Waals surface area contributed by atoms with Crippen molar-refractivity contribution in [2.24, 2.45) is 5.92 Å². The van der Waals surface area contributed by atoms with Gasteiger partial charge in [-0.2, -0.15) is 0 Å². The van der Waals surface area contributed by atoms with Crippen LogP contribution >= 0.6 is 11.3 Å². The van der Waals surface area contributed by atoms with Gasteiger partial charge in [-0.3, -0.25) is 14.9 Å². The molecular weight excluding hydrogens is 288 g/mol. The summed E-state index contributed by atoms with van der Waals surface area (Å²) in [5.41, 5.74) is 1.17. The summed E-state index contributed by atoms with van der Waals surface area (Å²) in [6, 6.07) is 2.89. The Hall–Kier alpha value is -1.69. The minimum Gasteiger partial charge on any atom is -0.346 e. The summed E-state index contributed by atoms with van der Waals surface area (Å²) in [4.78, 5) is 22.8. The van der Waals surface area contributed by atoms with Gasteiger partial charge in [0.2, 0.25) is 0 Å². The summed E-state index contributed by atoms with van der Waals surface area (Å²) < 4.78 is 0. The van der Waals surface area contributed by atoms with Gasteiger partial charge in [0, 0.05) is 11.6 Å². The zero-order valence-corrected chi connectivity index (χ0v) is 13.3. The first-order valence-electron chi connectivity index (χ1n) is 7.06. The van der Waals surface area contributed by atoms with Crippen molar-refractivity contribution in [3.8, 4) is 0 Å². The first-order chi connectivity index (χ1) is 9.81. The fourth-order valence-corrected chi connectivity index (χ4v) is 3.22. The monoisotopic (exact) mass is 308 g/mol. The summed E-state index contributed by atoms with van der Waals surface area (Å²) in [6.07, 6.45) is 4.90. The van der Waals surface area contributed by atoms with Crippen LogP contribution in [0.25, 0.3) is 0 Å². The Morgan fingerprint density at radius 1 is 1.48 bits per heavy atom. The maximum atomic E-state index is 12.2. The molecule has 1 aliphatic rings. The van der Waals surface area contributed by atoms with Gasteiger partial charge in [-0.05, 0) is 38.2 Å². The molecule has 0 aromatic carbocycles. The summed E-state index contributed by atoms with van der Waals surface area (Å²) in [5.74, 6) is 0.321. The molecule has 1 heterocycles. The molecule has 5 nitrogen and oxygen atoms in total. The van der Waals surface area contributed by atoms with E-state index >= 15 is 0 Å². The first kappa shape index (κ1) is 15.7. The molecule has 1 aromatic rings. The highest BCUT2D eigenvalue weighted by Crippen LogP contribution is 2.31. The van der Waals surface area contributed by atoms with Crippen LogP contribution in [0.5, 0.6) is 0 Å². The van der Waals surface area contributed by atoms with Gasteiger partial charge in [0.15, 0.2) is 0 Å². The van der Waals surface area contributed by atoms with E-state index in [-0.39, 0.29) is 16.4 Å². The quantitative estimate of drug-likeness (QED) is 0.520. The van der Waals surface area contributed by atoms with Crippen LogP contribution in [0, 0.1) is 16.0 Å². The summed E-state index contributed by atoms with van der Waals surface area (Å²) >= 11 is 0.915. The number of carbonyl (C=O) groups is 1. The molecule has 1 amide bonds. The Labute approximate surface area is 128 Å². The molecule has 1 unspecified atom stereocenters. The number of thiophene rings is 1. The number of hydrogen-bond acceptors (Lipinski definition) is 4. The highest BCUT2D eigenvalue weighted by atomic mass is 32.1. The lowest BCUT2D eigenvalue weighted by Crippen LogP contribution is -2.46. The topological polar surface area (TPSA) is 72.2 Å². The third-order valence-corrected chi connectivity index (χ3v) is 4.97. The van der Waals surface area contributed by atoms with Crippen molar-refractivity contribution in [2.75, 3.05) is 0 Å². The van der Waals surface area contributed by atoms with E-state index in [1.807, 2.05) is 6.92 Å². The number of hydrogen-bond donors (Lipinski definition) is 1. The molecule has 2 rings (SSSR count). The van der Waals surface area contributed by atoms with E-state index in [0.717, 1.165) is 30.6 Å². The van der Waals surface area contributed by atoms with Crippen LogP contribution in [0.4, 0.5) is 5.00 Å². The second-order valence-corrected chi connectivity index (χ2v) is 7.11. The third-order valence-electron chi connectivity index (χ3n) is 3.93. The van der Waals surface area contributed by atoms with Crippen LogP contribution in [0.15, 0.2) is 23.8 Å². The minimum atomic E-state index is -0.471. The van der Waals surface area contributed by atoms with Gasteiger partial charge in [-0.25, -0.2) is 0 Å². The highest BCUT2D eigenvalue weighted by Gasteiger charge is 2.30. The van der Waals surface area contributed by atoms with Gasteiger partial charge in [0.1, 0.15) is 0 Å². The van der Waals surface area contributed by atoms with Crippen LogP contribution in [0.2, 0.25) is 0 Å². The number of nitrogens with one attached hydrogen (secondary N) is 1. The molecule has 114 valence electrons. The molecule has 1 aliphatic carbocycles. The summed E-state index contributed by atoms with van der Waals surface area (Å²) in [5, 5.41) is 13.7. The van der Waals surface area contributed by atoms with E-state index in [1.54, 1.807) is 0 Å². The summed E-state index contributed by atoms with van der Waals surface area (Å²) in [6.45, 7) is 6.39. The number of carbonyl (C=O) groups excluding carboxylic acids is 1. The molecule has 0 saturated heterocycles. The predicted molar refractivity (Wildman–Crippen MR) is 83.6 cm³/mol. The average molecular weight is 308 g/mol. The highest BCUT2D eigenvalue weighted by molar-refractivity contribution is 7.17. The maximum Gasteiger partial charge on any atom is 0.324 e. The lowest BCUT2D eigenvalue weighted by Gasteiger charge is -2.34. The molecule has 1 N–H and O–H groups in total. The van der Waals surface area contributed by atoms with Crippen molar-refractivity contribution in [1.29, 1.82) is 0 Å². The van der Waals surface area contributed by atoms with E-state index < -0.39 is 4.92 Å². The van der Waals surface area contributed by atoms with Crippen LogP contribution in [-0.2, 0) is 0 Å². The van der Waals surface area contributed by atoms with E-state index in [4.69, 9.17) is 0 Å². The molecule has 0 bridgehead atoms. The van der Waals surface area contributed by atoms with Crippen LogP contribution in [-0.4, -0.2) is 16.4 Å². The largest absolute Gasteiger partial charge is 0.346 e. The van der Waals surface area contributed by atoms with Crippen molar-refractivity contribution in [2.45, 2.75) is 45.6 Å². The second kappa shape index (κ2) is 5.97. The fraction of sp³-hybridized carbons (Fsp3) is 0.533. The molecule has 0 aliphatic heterocycles. The average Bonchev–Trinajstić information content (AvgIpc) is 2.88. The standard InChI is InChI=1S/C15H20N2O3S/c1-10(2)11-6-8-15(3,9-7-11)16-14(18)12-4-5-13(21-12)17(19)20/h4-6,10H,7-9H2,1-3H3,(H,16,18). The normalized spacial score (nSPS) is 22.0. The van der Waals surface area contributed by atoms with Crippen LogP contribution in [0.3, 0.4) is 0 Å². The molecule has 0 saturated carbocycles. The van der Waals surface area contributed by atoms with Gasteiger partial charge >= 0.3 is 5.00 Å². The minimum absolute atomic E-state index is 0.00376. The van der Waals surface area contributed by atoms with E-state index in [9.17, 15) is 14.9 Å². The number of rotatable bonds is 4. The van der Waals surface area contributed by atoms with Crippen molar-refractivity contribution >= 4 is 22.2 Å². The Morgan fingerprint density at radius 3 is 2.67 bits per heavy atom. The number of nitrogens with zero attached hydrogens (tertiary/aromatic N) is 1. The SMILES string of the molecule is CC(C)C1=CCC(C)(NC(=O)c2ccc([N+](=O)[O-])s2)CC1. The van der Waals surface area contributed by atoms with E-state index in [0.29, 0.717) is 10.8 Å². The Bertz CT molecular complexity index is 591. The lowest BCUT2D eigenvalue weighted by molar-refractivity contribution is -0.380. The second-order valence-electron chi connectivity index (χ2n) is 6.05. The molecule has 1 aromatic heterocycles. The third kappa shape index (κ3) is 3.69. The maximum absolute atomic E-state index is 12.2. The molecule has 6 heteroatoms. The smallest absolute Gasteiger partial charge is 0.324 e. The molecule has 0 fully saturated rings. The zero-order valence-electron chi connectivity index (χ0n) is 12.5. The first-order valence-corrected chi connectivity index (χ1v) is 7.88. The number of allylic oxidation sites excluding steroid dienone is 1. The van der Waals surface area contributed by atoms with Gasteiger partial charge in [0.05, 0.1) is 9.80 Å². The molecular formula is C15H20N2O3S.